The quantitative estimate of drug-likeness (QED) is 0.0493. The van der Waals surface area contributed by atoms with Gasteiger partial charge in [-0.3, -0.25) is 28.8 Å². The van der Waals surface area contributed by atoms with Crippen LogP contribution in [0, 0.1) is 29.6 Å². The molecular weight excluding hydrogens is 828 g/mol. The third-order valence-electron chi connectivity index (χ3n) is 11.6. The van der Waals surface area contributed by atoms with E-state index in [1.165, 1.54) is 31.2 Å². The molecule has 7 unspecified atom stereocenters. The number of hydrogen-bond acceptors (Lipinski definition) is 10. The lowest BCUT2D eigenvalue weighted by Crippen LogP contribution is -2.49. The first-order valence-corrected chi connectivity index (χ1v) is 22.2. The van der Waals surface area contributed by atoms with Crippen LogP contribution in [0.5, 0.6) is 5.75 Å². The molecule has 1 aromatic heterocycles. The summed E-state index contributed by atoms with van der Waals surface area (Å²) in [5, 5.41) is 32.6. The molecule has 1 heterocycles. The minimum Gasteiger partial charge on any atom is -0.495 e. The van der Waals surface area contributed by atoms with Crippen LogP contribution < -0.4 is 15.4 Å². The number of methoxy groups -OCH3 is 1. The molecule has 15 nitrogen and oxygen atoms in total. The molecule has 63 heavy (non-hydrogen) atoms. The van der Waals surface area contributed by atoms with Gasteiger partial charge in [-0.25, -0.2) is 4.79 Å². The van der Waals surface area contributed by atoms with E-state index in [-0.39, 0.29) is 31.7 Å². The van der Waals surface area contributed by atoms with Gasteiger partial charge in [-0.05, 0) is 104 Å². The Morgan fingerprint density at radius 3 is 2.38 bits per heavy atom. The Morgan fingerprint density at radius 1 is 1.03 bits per heavy atom. The summed E-state index contributed by atoms with van der Waals surface area (Å²) in [6, 6.07) is 13.0. The molecule has 0 radical (unpaired) electrons. The number of hydrogen-bond donors (Lipinski definition) is 4. The molecule has 2 aromatic carbocycles. The number of aliphatic carboxylic acids is 2. The van der Waals surface area contributed by atoms with Gasteiger partial charge in [0.1, 0.15) is 11.8 Å². The molecule has 2 amide bonds. The molecule has 4 rings (SSSR count). The Balaban J connectivity index is 1.28. The number of carboxylic acids is 2. The van der Waals surface area contributed by atoms with Gasteiger partial charge in [-0.2, -0.15) is 0 Å². The minimum absolute atomic E-state index is 0.00346. The average molecular weight is 894 g/mol. The van der Waals surface area contributed by atoms with E-state index in [9.17, 15) is 29.1 Å². The molecule has 4 N–H and O–H groups in total. The Morgan fingerprint density at radius 2 is 1.75 bits per heavy atom. The van der Waals surface area contributed by atoms with Crippen molar-refractivity contribution in [3.8, 4) is 5.75 Å². The van der Waals surface area contributed by atoms with Gasteiger partial charge in [-0.1, -0.05) is 87.8 Å². The van der Waals surface area contributed by atoms with Crippen LogP contribution >= 0.6 is 11.6 Å². The van der Waals surface area contributed by atoms with E-state index in [0.29, 0.717) is 65.9 Å². The fraction of sp³-hybridized carbons (Fsp3) is 0.553. The maximum absolute atomic E-state index is 13.5. The minimum atomic E-state index is -1.28. The van der Waals surface area contributed by atoms with Crippen LogP contribution in [0.1, 0.15) is 101 Å². The number of halogens is 1. The number of ether oxygens (including phenoxy) is 2. The number of esters is 1. The van der Waals surface area contributed by atoms with Crippen molar-refractivity contribution >= 4 is 41.3 Å². The second-order valence-electron chi connectivity index (χ2n) is 17.5. The van der Waals surface area contributed by atoms with Gasteiger partial charge in [0.15, 0.2) is 6.10 Å². The molecule has 16 heteroatoms. The SMILES string of the molecule is COc1ccc(CC(NC(=O)C=CCCC(C)C2C(C)CC2c2ccc(CN(C)Cc3cn(CCCC(=O)O)nn3)cc2)C(=O)NCC(C)C(=O)OC(CC(C)C)C(=O)O)cc1Cl. The molecule has 1 aliphatic rings. The number of rotatable bonds is 26. The molecule has 0 saturated heterocycles. The molecule has 1 aliphatic carbocycles. The monoisotopic (exact) mass is 892 g/mol. The van der Waals surface area contributed by atoms with Crippen LogP contribution in [0.3, 0.4) is 0 Å². The molecular formula is C47H65ClN6O9. The summed E-state index contributed by atoms with van der Waals surface area (Å²) in [6.45, 7) is 11.6. The van der Waals surface area contributed by atoms with Gasteiger partial charge >= 0.3 is 17.9 Å². The maximum Gasteiger partial charge on any atom is 0.345 e. The first-order valence-electron chi connectivity index (χ1n) is 21.8. The van der Waals surface area contributed by atoms with E-state index >= 15 is 0 Å². The first kappa shape index (κ1) is 50.4. The summed E-state index contributed by atoms with van der Waals surface area (Å²) in [7, 11) is 3.54. The summed E-state index contributed by atoms with van der Waals surface area (Å²) in [4.78, 5) is 64.0. The van der Waals surface area contributed by atoms with Crippen molar-refractivity contribution < 1.29 is 43.7 Å². The third kappa shape index (κ3) is 16.1. The molecule has 3 aromatic rings. The third-order valence-corrected chi connectivity index (χ3v) is 11.9. The number of aryl methyl sites for hydroxylation is 1. The fourth-order valence-corrected chi connectivity index (χ4v) is 8.53. The van der Waals surface area contributed by atoms with Gasteiger partial charge in [0.2, 0.25) is 11.8 Å². The first-order chi connectivity index (χ1) is 29.9. The van der Waals surface area contributed by atoms with E-state index in [1.54, 1.807) is 22.9 Å². The molecule has 0 spiro atoms. The number of benzene rings is 2. The number of carboxylic acid groups (broad SMARTS) is 2. The normalized spacial score (nSPS) is 18.0. The molecule has 1 saturated carbocycles. The summed E-state index contributed by atoms with van der Waals surface area (Å²) >= 11 is 6.36. The van der Waals surface area contributed by atoms with E-state index in [4.69, 9.17) is 26.2 Å². The van der Waals surface area contributed by atoms with Gasteiger partial charge in [0, 0.05) is 45.2 Å². The molecule has 7 atom stereocenters. The lowest BCUT2D eigenvalue weighted by atomic mass is 9.58. The zero-order valence-corrected chi connectivity index (χ0v) is 38.3. The Kier molecular flexibility index (Phi) is 19.6. The van der Waals surface area contributed by atoms with Gasteiger partial charge in [0.25, 0.3) is 0 Å². The van der Waals surface area contributed by atoms with Crippen molar-refractivity contribution in [3.05, 3.63) is 88.2 Å². The van der Waals surface area contributed by atoms with Crippen LogP contribution in [-0.4, -0.2) is 92.7 Å². The summed E-state index contributed by atoms with van der Waals surface area (Å²) in [5.41, 5.74) is 4.05. The molecule has 0 bridgehead atoms. The average Bonchev–Trinajstić information content (AvgIpc) is 3.66. The van der Waals surface area contributed by atoms with Crippen molar-refractivity contribution in [1.29, 1.82) is 0 Å². The van der Waals surface area contributed by atoms with Crippen molar-refractivity contribution in [2.45, 2.75) is 117 Å². The Labute approximate surface area is 375 Å². The van der Waals surface area contributed by atoms with Crippen LogP contribution in [0.4, 0.5) is 0 Å². The topological polar surface area (TPSA) is 202 Å². The zero-order chi connectivity index (χ0) is 46.2. The summed E-state index contributed by atoms with van der Waals surface area (Å²) < 4.78 is 12.2. The largest absolute Gasteiger partial charge is 0.495 e. The van der Waals surface area contributed by atoms with Crippen LogP contribution in [-0.2, 0) is 54.8 Å². The predicted octanol–water partition coefficient (Wildman–Crippen LogP) is 6.67. The summed E-state index contributed by atoms with van der Waals surface area (Å²) in [5.74, 6) is -2.16. The van der Waals surface area contributed by atoms with E-state index < -0.39 is 47.8 Å². The highest BCUT2D eigenvalue weighted by molar-refractivity contribution is 6.32. The fourth-order valence-electron chi connectivity index (χ4n) is 8.25. The van der Waals surface area contributed by atoms with Gasteiger partial charge in [-0.15, -0.1) is 5.10 Å². The van der Waals surface area contributed by atoms with Crippen molar-refractivity contribution in [3.63, 3.8) is 0 Å². The number of allylic oxidation sites excluding steroid dienone is 1. The molecule has 344 valence electrons. The zero-order valence-electron chi connectivity index (χ0n) is 37.6. The van der Waals surface area contributed by atoms with Crippen LogP contribution in [0.25, 0.3) is 0 Å². The molecule has 0 aliphatic heterocycles. The van der Waals surface area contributed by atoms with Gasteiger partial charge < -0.3 is 30.3 Å². The predicted molar refractivity (Wildman–Crippen MR) is 239 cm³/mol. The summed E-state index contributed by atoms with van der Waals surface area (Å²) in [6.07, 6.45) is 7.46. The standard InChI is InChI=1S/C47H65ClN6O9/c1-29(2)21-41(46(59)60)63-47(61)32(5)25-49-45(58)39(24-34-16-19-40(62-7)38(48)23-34)50-42(55)12-9-8-11-30(3)44-31(4)22-37(44)35-17-14-33(15-18-35)26-53(6)27-36-28-54(52-51-36)20-10-13-43(56)57/h9,12,14-19,23,28-32,37,39,41,44H,8,10-11,13,20-22,24-27H2,1-7H3,(H,49,58)(H,50,55)(H,56,57)(H,59,60). The van der Waals surface area contributed by atoms with E-state index in [0.717, 1.165) is 25.1 Å². The lowest BCUT2D eigenvalue weighted by molar-refractivity contribution is -0.167. The smallest absolute Gasteiger partial charge is 0.345 e. The number of nitrogens with zero attached hydrogens (tertiary/aromatic N) is 4. The Bertz CT molecular complexity index is 2020. The van der Waals surface area contributed by atoms with Crippen molar-refractivity contribution in [2.75, 3.05) is 20.7 Å². The van der Waals surface area contributed by atoms with Gasteiger partial charge in [0.05, 0.1) is 23.7 Å². The van der Waals surface area contributed by atoms with E-state index in [1.807, 2.05) is 33.2 Å². The highest BCUT2D eigenvalue weighted by Gasteiger charge is 2.41. The maximum atomic E-state index is 13.5. The lowest BCUT2D eigenvalue weighted by Gasteiger charge is -2.47. The highest BCUT2D eigenvalue weighted by Crippen LogP contribution is 2.51. The number of carbonyl (C=O) groups excluding carboxylic acids is 3. The van der Waals surface area contributed by atoms with Crippen molar-refractivity contribution in [1.82, 2.24) is 30.5 Å². The number of aromatic nitrogens is 3. The Hall–Kier alpha value is -5.28. The van der Waals surface area contributed by atoms with Crippen molar-refractivity contribution in [2.24, 2.45) is 29.6 Å². The van der Waals surface area contributed by atoms with E-state index in [2.05, 4.69) is 64.0 Å². The second-order valence-corrected chi connectivity index (χ2v) is 17.9. The molecule has 1 fully saturated rings. The number of nitrogens with one attached hydrogen (secondary N) is 2. The highest BCUT2D eigenvalue weighted by atomic mass is 35.5. The number of carbonyl (C=O) groups is 5. The second kappa shape index (κ2) is 24.5. The van der Waals surface area contributed by atoms with Crippen LogP contribution in [0.15, 0.2) is 60.8 Å². The number of amides is 2. The van der Waals surface area contributed by atoms with Crippen LogP contribution in [0.2, 0.25) is 5.02 Å².